The fourth-order valence-electron chi connectivity index (χ4n) is 1.30. The third-order valence-corrected chi connectivity index (χ3v) is 1.99. The Labute approximate surface area is 81.7 Å². The largest absolute Gasteiger partial charge is 0.385 e. The first kappa shape index (κ1) is 8.90. The van der Waals surface area contributed by atoms with Crippen molar-refractivity contribution < 1.29 is 5.11 Å². The van der Waals surface area contributed by atoms with E-state index in [0.717, 1.165) is 5.56 Å². The van der Waals surface area contributed by atoms with Crippen molar-refractivity contribution in [2.45, 2.75) is 12.5 Å². The Kier molecular flexibility index (Phi) is 2.55. The van der Waals surface area contributed by atoms with Gasteiger partial charge in [0.15, 0.2) is 0 Å². The molecule has 0 aliphatic heterocycles. The van der Waals surface area contributed by atoms with E-state index in [1.54, 1.807) is 24.8 Å². The second-order valence-electron chi connectivity index (χ2n) is 3.06. The van der Waals surface area contributed by atoms with Crippen LogP contribution in [0, 0.1) is 0 Å². The molecule has 4 heteroatoms. The Morgan fingerprint density at radius 1 is 1.43 bits per heavy atom. The van der Waals surface area contributed by atoms with Gasteiger partial charge in [-0.25, -0.2) is 4.98 Å². The monoisotopic (exact) mass is 189 g/mol. The number of imidazole rings is 1. The molecule has 0 aliphatic carbocycles. The van der Waals surface area contributed by atoms with Gasteiger partial charge >= 0.3 is 0 Å². The van der Waals surface area contributed by atoms with E-state index in [0.29, 0.717) is 12.2 Å². The fraction of sp³-hybridized carbons (Fsp3) is 0.200. The van der Waals surface area contributed by atoms with Crippen LogP contribution in [0.25, 0.3) is 0 Å². The summed E-state index contributed by atoms with van der Waals surface area (Å²) < 4.78 is 0. The number of nitrogens with zero attached hydrogens (tertiary/aromatic N) is 2. The molecular formula is C10H11N3O. The molecule has 2 heterocycles. The summed E-state index contributed by atoms with van der Waals surface area (Å²) in [5.41, 5.74) is 0.997. The molecule has 0 saturated carbocycles. The molecule has 72 valence electrons. The van der Waals surface area contributed by atoms with Crippen molar-refractivity contribution in [3.05, 3.63) is 48.3 Å². The van der Waals surface area contributed by atoms with E-state index in [1.807, 2.05) is 12.1 Å². The van der Waals surface area contributed by atoms with Crippen LogP contribution in [0.15, 0.2) is 36.9 Å². The highest BCUT2D eigenvalue weighted by Gasteiger charge is 2.09. The quantitative estimate of drug-likeness (QED) is 0.759. The first-order valence-corrected chi connectivity index (χ1v) is 4.42. The molecule has 0 saturated heterocycles. The van der Waals surface area contributed by atoms with E-state index >= 15 is 0 Å². The van der Waals surface area contributed by atoms with Gasteiger partial charge in [0.2, 0.25) is 0 Å². The highest BCUT2D eigenvalue weighted by Crippen LogP contribution is 2.13. The zero-order chi connectivity index (χ0) is 9.80. The number of aliphatic hydroxyl groups is 1. The van der Waals surface area contributed by atoms with Crippen molar-refractivity contribution in [1.82, 2.24) is 15.0 Å². The molecule has 1 unspecified atom stereocenters. The number of nitrogens with one attached hydrogen (secondary N) is 1. The zero-order valence-electron chi connectivity index (χ0n) is 7.59. The van der Waals surface area contributed by atoms with Crippen molar-refractivity contribution >= 4 is 0 Å². The van der Waals surface area contributed by atoms with E-state index in [9.17, 15) is 5.11 Å². The summed E-state index contributed by atoms with van der Waals surface area (Å²) in [6.45, 7) is 0. The van der Waals surface area contributed by atoms with Gasteiger partial charge in [0.25, 0.3) is 0 Å². The average Bonchev–Trinajstić information content (AvgIpc) is 2.72. The lowest BCUT2D eigenvalue weighted by Gasteiger charge is -2.06. The Hall–Kier alpha value is -1.68. The van der Waals surface area contributed by atoms with Crippen LogP contribution in [0.3, 0.4) is 0 Å². The third kappa shape index (κ3) is 1.97. The molecule has 2 aromatic rings. The fourth-order valence-corrected chi connectivity index (χ4v) is 1.30. The number of rotatable bonds is 3. The normalized spacial score (nSPS) is 12.6. The summed E-state index contributed by atoms with van der Waals surface area (Å²) in [5, 5.41) is 9.74. The maximum absolute atomic E-state index is 9.74. The summed E-state index contributed by atoms with van der Waals surface area (Å²) in [6, 6.07) is 3.78. The van der Waals surface area contributed by atoms with Gasteiger partial charge in [-0.15, -0.1) is 0 Å². The molecule has 0 bridgehead atoms. The van der Waals surface area contributed by atoms with E-state index in [1.165, 1.54) is 0 Å². The first-order chi connectivity index (χ1) is 6.86. The summed E-state index contributed by atoms with van der Waals surface area (Å²) in [5.74, 6) is 0.592. The minimum Gasteiger partial charge on any atom is -0.385 e. The SMILES string of the molecule is OC(Cc1cccnc1)c1ncc[nH]1. The van der Waals surface area contributed by atoms with Crippen molar-refractivity contribution in [3.8, 4) is 0 Å². The topological polar surface area (TPSA) is 61.8 Å². The highest BCUT2D eigenvalue weighted by atomic mass is 16.3. The van der Waals surface area contributed by atoms with E-state index in [2.05, 4.69) is 15.0 Å². The van der Waals surface area contributed by atoms with E-state index < -0.39 is 6.10 Å². The number of H-pyrrole nitrogens is 1. The van der Waals surface area contributed by atoms with E-state index in [-0.39, 0.29) is 0 Å². The van der Waals surface area contributed by atoms with Crippen molar-refractivity contribution in [1.29, 1.82) is 0 Å². The zero-order valence-corrected chi connectivity index (χ0v) is 7.59. The summed E-state index contributed by atoms with van der Waals surface area (Å²) in [7, 11) is 0. The smallest absolute Gasteiger partial charge is 0.135 e. The van der Waals surface area contributed by atoms with Gasteiger partial charge in [-0.1, -0.05) is 6.07 Å². The first-order valence-electron chi connectivity index (χ1n) is 4.42. The van der Waals surface area contributed by atoms with Crippen LogP contribution in [-0.4, -0.2) is 20.1 Å². The molecule has 4 nitrogen and oxygen atoms in total. The lowest BCUT2D eigenvalue weighted by Crippen LogP contribution is -2.03. The van der Waals surface area contributed by atoms with Gasteiger partial charge in [-0.2, -0.15) is 0 Å². The Balaban J connectivity index is 2.06. The Morgan fingerprint density at radius 2 is 2.36 bits per heavy atom. The number of hydrogen-bond acceptors (Lipinski definition) is 3. The lowest BCUT2D eigenvalue weighted by atomic mass is 10.1. The third-order valence-electron chi connectivity index (χ3n) is 1.99. The second kappa shape index (κ2) is 4.02. The number of aromatic amines is 1. The minimum absolute atomic E-state index is 0.529. The molecule has 14 heavy (non-hydrogen) atoms. The molecule has 2 N–H and O–H groups in total. The predicted octanol–water partition coefficient (Wildman–Crippen LogP) is 1.08. The molecule has 2 rings (SSSR count). The lowest BCUT2D eigenvalue weighted by molar-refractivity contribution is 0.169. The number of aromatic nitrogens is 3. The second-order valence-corrected chi connectivity index (χ2v) is 3.06. The number of pyridine rings is 1. The van der Waals surface area contributed by atoms with E-state index in [4.69, 9.17) is 0 Å². The van der Waals surface area contributed by atoms with Gasteiger partial charge in [0.1, 0.15) is 11.9 Å². The molecule has 1 atom stereocenters. The van der Waals surface area contributed by atoms with Gasteiger partial charge in [0, 0.05) is 31.2 Å². The number of hydrogen-bond donors (Lipinski definition) is 2. The molecule has 0 aliphatic rings. The van der Waals surface area contributed by atoms with Crippen LogP contribution in [-0.2, 0) is 6.42 Å². The summed E-state index contributed by atoms with van der Waals surface area (Å²) in [6.07, 6.45) is 6.72. The summed E-state index contributed by atoms with van der Waals surface area (Å²) >= 11 is 0. The standard InChI is InChI=1S/C10H11N3O/c14-9(10-12-4-5-13-10)6-8-2-1-3-11-7-8/h1-5,7,9,14H,6H2,(H,12,13). The van der Waals surface area contributed by atoms with Crippen molar-refractivity contribution in [2.24, 2.45) is 0 Å². The van der Waals surface area contributed by atoms with Gasteiger partial charge in [-0.05, 0) is 11.6 Å². The molecule has 0 radical (unpaired) electrons. The maximum Gasteiger partial charge on any atom is 0.135 e. The van der Waals surface area contributed by atoms with Crippen LogP contribution < -0.4 is 0 Å². The molecule has 0 aromatic carbocycles. The molecule has 0 spiro atoms. The molecule has 0 fully saturated rings. The van der Waals surface area contributed by atoms with Crippen LogP contribution in [0.2, 0.25) is 0 Å². The molecule has 0 amide bonds. The summed E-state index contributed by atoms with van der Waals surface area (Å²) in [4.78, 5) is 10.8. The predicted molar refractivity (Wildman–Crippen MR) is 51.5 cm³/mol. The maximum atomic E-state index is 9.74. The van der Waals surface area contributed by atoms with Crippen LogP contribution in [0.1, 0.15) is 17.5 Å². The van der Waals surface area contributed by atoms with Crippen molar-refractivity contribution in [3.63, 3.8) is 0 Å². The highest BCUT2D eigenvalue weighted by molar-refractivity contribution is 5.11. The molecule has 2 aromatic heterocycles. The number of aliphatic hydroxyl groups excluding tert-OH is 1. The minimum atomic E-state index is -0.589. The van der Waals surface area contributed by atoms with Gasteiger partial charge in [-0.3, -0.25) is 4.98 Å². The van der Waals surface area contributed by atoms with Gasteiger partial charge in [0.05, 0.1) is 0 Å². The van der Waals surface area contributed by atoms with Crippen LogP contribution in [0.5, 0.6) is 0 Å². The Morgan fingerprint density at radius 3 is 3.00 bits per heavy atom. The van der Waals surface area contributed by atoms with Gasteiger partial charge < -0.3 is 10.1 Å². The Bertz CT molecular complexity index is 372. The van der Waals surface area contributed by atoms with Crippen molar-refractivity contribution in [2.75, 3.05) is 0 Å². The van der Waals surface area contributed by atoms with Crippen LogP contribution >= 0.6 is 0 Å². The molecular weight excluding hydrogens is 178 g/mol. The van der Waals surface area contributed by atoms with Crippen LogP contribution in [0.4, 0.5) is 0 Å². The average molecular weight is 189 g/mol.